The van der Waals surface area contributed by atoms with Gasteiger partial charge >= 0.3 is 11.9 Å². The van der Waals surface area contributed by atoms with Gasteiger partial charge in [0.1, 0.15) is 11.4 Å². The summed E-state index contributed by atoms with van der Waals surface area (Å²) in [6.07, 6.45) is 6.79. The Hall–Kier alpha value is -2.90. The zero-order valence-corrected chi connectivity index (χ0v) is 15.2. The molecule has 2 N–H and O–H groups in total. The molecule has 0 unspecified atom stereocenters. The number of nitrogens with zero attached hydrogens (tertiary/aromatic N) is 4. The average Bonchev–Trinajstić information content (AvgIpc) is 3.28. The van der Waals surface area contributed by atoms with Crippen LogP contribution in [-0.4, -0.2) is 50.0 Å². The topological polar surface area (TPSA) is 109 Å². The molecule has 142 valence electrons. The molecule has 2 aliphatic rings. The summed E-state index contributed by atoms with van der Waals surface area (Å²) in [7, 11) is 0. The van der Waals surface area contributed by atoms with Gasteiger partial charge < -0.3 is 15.1 Å². The van der Waals surface area contributed by atoms with Crippen molar-refractivity contribution in [1.82, 2.24) is 14.8 Å². The van der Waals surface area contributed by atoms with Gasteiger partial charge in [0.25, 0.3) is 0 Å². The fraction of sp³-hybridized carbons (Fsp3) is 0.474. The Bertz CT molecular complexity index is 912. The van der Waals surface area contributed by atoms with E-state index in [1.807, 2.05) is 11.8 Å². The fourth-order valence-corrected chi connectivity index (χ4v) is 4.14. The van der Waals surface area contributed by atoms with E-state index in [1.165, 1.54) is 4.68 Å². The summed E-state index contributed by atoms with van der Waals surface area (Å²) in [6, 6.07) is 1.74. The maximum absolute atomic E-state index is 12.1. The van der Waals surface area contributed by atoms with Crippen molar-refractivity contribution in [3.63, 3.8) is 0 Å². The molecule has 1 saturated heterocycles. The number of aromatic nitrogens is 3. The first-order valence-electron chi connectivity index (χ1n) is 9.17. The molecule has 8 heteroatoms. The standard InChI is InChI=1S/C19H22N4O4/c1-12-10-20-23(11-12)19(18(26)27)5-7-22(8-6-19)16-14(17(24)25)9-13-3-2-4-15(13)21-16/h9-11H,2-8H2,1H3,(H,24,25)(H,26,27). The third-order valence-corrected chi connectivity index (χ3v) is 5.70. The molecule has 0 bridgehead atoms. The molecule has 0 radical (unpaired) electrons. The molecule has 0 saturated carbocycles. The predicted octanol–water partition coefficient (Wildman–Crippen LogP) is 1.85. The highest BCUT2D eigenvalue weighted by atomic mass is 16.4. The van der Waals surface area contributed by atoms with Crippen molar-refractivity contribution >= 4 is 17.8 Å². The summed E-state index contributed by atoms with van der Waals surface area (Å²) in [5.41, 5.74) is 1.98. The van der Waals surface area contributed by atoms with Crippen LogP contribution in [0.2, 0.25) is 0 Å². The van der Waals surface area contributed by atoms with E-state index in [4.69, 9.17) is 0 Å². The highest BCUT2D eigenvalue weighted by Crippen LogP contribution is 2.34. The van der Waals surface area contributed by atoms with E-state index in [1.54, 1.807) is 18.5 Å². The summed E-state index contributed by atoms with van der Waals surface area (Å²) in [6.45, 7) is 2.70. The highest BCUT2D eigenvalue weighted by molar-refractivity contribution is 5.94. The number of hydrogen-bond donors (Lipinski definition) is 2. The SMILES string of the molecule is Cc1cnn(C2(C(=O)O)CCN(c3nc4c(cc3C(=O)O)CCC4)CC2)c1. The van der Waals surface area contributed by atoms with Crippen molar-refractivity contribution in [2.45, 2.75) is 44.6 Å². The van der Waals surface area contributed by atoms with Crippen molar-refractivity contribution in [3.8, 4) is 0 Å². The van der Waals surface area contributed by atoms with Gasteiger partial charge in [0.15, 0.2) is 5.54 Å². The maximum Gasteiger partial charge on any atom is 0.339 e. The lowest BCUT2D eigenvalue weighted by atomic mass is 9.87. The number of carboxylic acid groups (broad SMARTS) is 2. The van der Waals surface area contributed by atoms with Gasteiger partial charge in [0, 0.05) is 37.8 Å². The second-order valence-electron chi connectivity index (χ2n) is 7.41. The van der Waals surface area contributed by atoms with Gasteiger partial charge in [-0.1, -0.05) is 0 Å². The van der Waals surface area contributed by atoms with Crippen LogP contribution in [0.25, 0.3) is 0 Å². The number of anilines is 1. The minimum Gasteiger partial charge on any atom is -0.479 e. The first-order chi connectivity index (χ1) is 12.9. The highest BCUT2D eigenvalue weighted by Gasteiger charge is 2.45. The van der Waals surface area contributed by atoms with Crippen LogP contribution in [0, 0.1) is 6.92 Å². The van der Waals surface area contributed by atoms with E-state index in [2.05, 4.69) is 10.1 Å². The minimum absolute atomic E-state index is 0.202. The van der Waals surface area contributed by atoms with Crippen LogP contribution in [0.4, 0.5) is 5.82 Å². The smallest absolute Gasteiger partial charge is 0.339 e. The van der Waals surface area contributed by atoms with E-state index in [0.717, 1.165) is 36.1 Å². The van der Waals surface area contributed by atoms with E-state index >= 15 is 0 Å². The number of rotatable bonds is 4. The van der Waals surface area contributed by atoms with Gasteiger partial charge in [-0.2, -0.15) is 5.10 Å². The molecular formula is C19H22N4O4. The van der Waals surface area contributed by atoms with Crippen molar-refractivity contribution < 1.29 is 19.8 Å². The third kappa shape index (κ3) is 2.85. The van der Waals surface area contributed by atoms with Crippen molar-refractivity contribution in [1.29, 1.82) is 0 Å². The molecule has 2 aromatic heterocycles. The van der Waals surface area contributed by atoms with E-state index in [-0.39, 0.29) is 5.56 Å². The number of carbonyl (C=O) groups is 2. The summed E-state index contributed by atoms with van der Waals surface area (Å²) in [5.74, 6) is -1.45. The van der Waals surface area contributed by atoms with Crippen LogP contribution >= 0.6 is 0 Å². The van der Waals surface area contributed by atoms with Gasteiger partial charge in [-0.15, -0.1) is 0 Å². The number of fused-ring (bicyclic) bond motifs is 1. The summed E-state index contributed by atoms with van der Waals surface area (Å²) in [4.78, 5) is 30.4. The molecule has 2 aromatic rings. The molecule has 3 heterocycles. The van der Waals surface area contributed by atoms with Crippen LogP contribution in [0.1, 0.15) is 46.4 Å². The summed E-state index contributed by atoms with van der Waals surface area (Å²) < 4.78 is 1.54. The molecule has 1 aliphatic carbocycles. The predicted molar refractivity (Wildman–Crippen MR) is 97.2 cm³/mol. The molecular weight excluding hydrogens is 348 g/mol. The number of aromatic carboxylic acids is 1. The lowest BCUT2D eigenvalue weighted by molar-refractivity contribution is -0.149. The largest absolute Gasteiger partial charge is 0.479 e. The van der Waals surface area contributed by atoms with Crippen molar-refractivity contribution in [2.75, 3.05) is 18.0 Å². The Labute approximate surface area is 156 Å². The van der Waals surface area contributed by atoms with E-state index in [0.29, 0.717) is 31.7 Å². The number of hydrogen-bond acceptors (Lipinski definition) is 5. The lowest BCUT2D eigenvalue weighted by Crippen LogP contribution is -2.51. The van der Waals surface area contributed by atoms with Gasteiger partial charge in [-0.05, 0) is 43.4 Å². The second kappa shape index (κ2) is 6.37. The molecule has 4 rings (SSSR count). The zero-order chi connectivity index (χ0) is 19.2. The molecule has 8 nitrogen and oxygen atoms in total. The molecule has 0 atom stereocenters. The normalized spacial score (nSPS) is 18.3. The Morgan fingerprint density at radius 3 is 2.52 bits per heavy atom. The molecule has 1 fully saturated rings. The molecule has 0 spiro atoms. The van der Waals surface area contributed by atoms with Crippen molar-refractivity contribution in [2.24, 2.45) is 0 Å². The number of carboxylic acids is 2. The van der Waals surface area contributed by atoms with Crippen LogP contribution < -0.4 is 4.90 Å². The van der Waals surface area contributed by atoms with Crippen LogP contribution in [0.15, 0.2) is 18.5 Å². The Morgan fingerprint density at radius 1 is 1.19 bits per heavy atom. The lowest BCUT2D eigenvalue weighted by Gasteiger charge is -2.39. The van der Waals surface area contributed by atoms with E-state index in [9.17, 15) is 19.8 Å². The van der Waals surface area contributed by atoms with Crippen LogP contribution in [-0.2, 0) is 23.2 Å². The molecule has 1 aliphatic heterocycles. The quantitative estimate of drug-likeness (QED) is 0.845. The van der Waals surface area contributed by atoms with Crippen molar-refractivity contribution in [3.05, 3.63) is 40.8 Å². The van der Waals surface area contributed by atoms with Gasteiger partial charge in [-0.25, -0.2) is 14.6 Å². The number of piperidine rings is 1. The van der Waals surface area contributed by atoms with E-state index < -0.39 is 17.5 Å². The summed E-state index contributed by atoms with van der Waals surface area (Å²) >= 11 is 0. The number of aryl methyl sites for hydroxylation is 3. The van der Waals surface area contributed by atoms with Gasteiger partial charge in [0.2, 0.25) is 0 Å². The number of pyridine rings is 1. The zero-order valence-electron chi connectivity index (χ0n) is 15.2. The Kier molecular flexibility index (Phi) is 4.13. The fourth-order valence-electron chi connectivity index (χ4n) is 4.14. The Balaban J connectivity index is 1.64. The first kappa shape index (κ1) is 17.5. The van der Waals surface area contributed by atoms with Gasteiger partial charge in [0.05, 0.1) is 6.20 Å². The van der Waals surface area contributed by atoms with Crippen LogP contribution in [0.5, 0.6) is 0 Å². The molecule has 0 aromatic carbocycles. The summed E-state index contributed by atoms with van der Waals surface area (Å²) in [5, 5.41) is 23.7. The van der Waals surface area contributed by atoms with Gasteiger partial charge in [-0.3, -0.25) is 4.68 Å². The third-order valence-electron chi connectivity index (χ3n) is 5.70. The minimum atomic E-state index is -1.11. The average molecular weight is 370 g/mol. The maximum atomic E-state index is 12.1. The first-order valence-corrected chi connectivity index (χ1v) is 9.17. The second-order valence-corrected chi connectivity index (χ2v) is 7.41. The van der Waals surface area contributed by atoms with Crippen LogP contribution in [0.3, 0.4) is 0 Å². The molecule has 27 heavy (non-hydrogen) atoms. The molecule has 0 amide bonds. The number of aliphatic carboxylic acids is 1. The monoisotopic (exact) mass is 370 g/mol. The Morgan fingerprint density at radius 2 is 1.93 bits per heavy atom.